The molecule has 1 amide bonds. The number of ether oxygens (including phenoxy) is 1. The van der Waals surface area contributed by atoms with Crippen LogP contribution in [0.5, 0.6) is 5.75 Å². The van der Waals surface area contributed by atoms with Crippen LogP contribution >= 0.6 is 0 Å². The lowest BCUT2D eigenvalue weighted by Crippen LogP contribution is -2.50. The van der Waals surface area contributed by atoms with Crippen molar-refractivity contribution in [3.63, 3.8) is 0 Å². The summed E-state index contributed by atoms with van der Waals surface area (Å²) < 4.78 is 10.5. The predicted molar refractivity (Wildman–Crippen MR) is 88.2 cm³/mol. The van der Waals surface area contributed by atoms with Gasteiger partial charge in [-0.3, -0.25) is 9.59 Å². The standard InChI is InChI=1S/C17H19N3O4/c1-13-17(14(21)5-11-23-13)24-12-16(22)20-9-7-19(8-10-20)15-4-2-3-6-18-15/h2-6,11H,7-10,12H2,1H3. The van der Waals surface area contributed by atoms with Gasteiger partial charge < -0.3 is 19.0 Å². The van der Waals surface area contributed by atoms with Crippen molar-refractivity contribution < 1.29 is 13.9 Å². The topological polar surface area (TPSA) is 75.9 Å². The molecule has 0 radical (unpaired) electrons. The summed E-state index contributed by atoms with van der Waals surface area (Å²) in [7, 11) is 0. The lowest BCUT2D eigenvalue weighted by molar-refractivity contribution is -0.133. The molecule has 0 atom stereocenters. The largest absolute Gasteiger partial charge is 0.476 e. The van der Waals surface area contributed by atoms with Crippen LogP contribution in [0.1, 0.15) is 5.76 Å². The first-order chi connectivity index (χ1) is 11.6. The molecule has 3 rings (SSSR count). The SMILES string of the molecule is Cc1occc(=O)c1OCC(=O)N1CCN(c2ccccn2)CC1. The van der Waals surface area contributed by atoms with E-state index in [9.17, 15) is 9.59 Å². The summed E-state index contributed by atoms with van der Waals surface area (Å²) in [5, 5.41) is 0. The molecule has 126 valence electrons. The number of aromatic nitrogens is 1. The minimum atomic E-state index is -0.286. The fraction of sp³-hybridized carbons (Fsp3) is 0.353. The maximum absolute atomic E-state index is 12.3. The first-order valence-electron chi connectivity index (χ1n) is 7.80. The third kappa shape index (κ3) is 3.56. The van der Waals surface area contributed by atoms with E-state index in [1.54, 1.807) is 18.0 Å². The summed E-state index contributed by atoms with van der Waals surface area (Å²) in [5.74, 6) is 1.24. The van der Waals surface area contributed by atoms with Crippen LogP contribution in [0.3, 0.4) is 0 Å². The molecule has 7 nitrogen and oxygen atoms in total. The first-order valence-corrected chi connectivity index (χ1v) is 7.80. The van der Waals surface area contributed by atoms with E-state index in [1.807, 2.05) is 18.2 Å². The fourth-order valence-electron chi connectivity index (χ4n) is 2.62. The van der Waals surface area contributed by atoms with Gasteiger partial charge in [0.05, 0.1) is 6.26 Å². The maximum Gasteiger partial charge on any atom is 0.260 e. The van der Waals surface area contributed by atoms with Crippen LogP contribution in [0.15, 0.2) is 45.9 Å². The molecule has 1 aliphatic heterocycles. The van der Waals surface area contributed by atoms with Crippen molar-refractivity contribution >= 4 is 11.7 Å². The van der Waals surface area contributed by atoms with E-state index in [-0.39, 0.29) is 23.7 Å². The second-order valence-electron chi connectivity index (χ2n) is 5.51. The van der Waals surface area contributed by atoms with Gasteiger partial charge in [-0.15, -0.1) is 0 Å². The van der Waals surface area contributed by atoms with E-state index in [1.165, 1.54) is 12.3 Å². The third-order valence-electron chi connectivity index (χ3n) is 3.95. The number of piperazine rings is 1. The Morgan fingerprint density at radius 1 is 1.25 bits per heavy atom. The van der Waals surface area contributed by atoms with Crippen LogP contribution in [0.4, 0.5) is 5.82 Å². The number of pyridine rings is 1. The lowest BCUT2D eigenvalue weighted by Gasteiger charge is -2.35. The molecule has 0 aliphatic carbocycles. The second-order valence-corrected chi connectivity index (χ2v) is 5.51. The van der Waals surface area contributed by atoms with Gasteiger partial charge in [0.25, 0.3) is 5.91 Å². The zero-order valence-electron chi connectivity index (χ0n) is 13.5. The van der Waals surface area contributed by atoms with Crippen molar-refractivity contribution in [1.82, 2.24) is 9.88 Å². The lowest BCUT2D eigenvalue weighted by atomic mass is 10.3. The molecular weight excluding hydrogens is 310 g/mol. The quantitative estimate of drug-likeness (QED) is 0.835. The van der Waals surface area contributed by atoms with Crippen molar-refractivity contribution in [2.45, 2.75) is 6.92 Å². The summed E-state index contributed by atoms with van der Waals surface area (Å²) >= 11 is 0. The highest BCUT2D eigenvalue weighted by molar-refractivity contribution is 5.78. The van der Waals surface area contributed by atoms with E-state index >= 15 is 0 Å². The van der Waals surface area contributed by atoms with E-state index in [4.69, 9.17) is 9.15 Å². The number of hydrogen-bond donors (Lipinski definition) is 0. The van der Waals surface area contributed by atoms with E-state index < -0.39 is 0 Å². The predicted octanol–water partition coefficient (Wildman–Crippen LogP) is 1.07. The number of nitrogens with zero attached hydrogens (tertiary/aromatic N) is 3. The van der Waals surface area contributed by atoms with Crippen molar-refractivity contribution in [1.29, 1.82) is 0 Å². The molecule has 0 saturated carbocycles. The summed E-state index contributed by atoms with van der Waals surface area (Å²) in [6.07, 6.45) is 3.07. The highest BCUT2D eigenvalue weighted by Gasteiger charge is 2.22. The highest BCUT2D eigenvalue weighted by atomic mass is 16.5. The summed E-state index contributed by atoms with van der Waals surface area (Å²) in [6, 6.07) is 7.06. The van der Waals surface area contributed by atoms with Crippen LogP contribution in [0, 0.1) is 6.92 Å². The summed E-state index contributed by atoms with van der Waals surface area (Å²) in [5.41, 5.74) is -0.286. The molecule has 2 aromatic heterocycles. The Balaban J connectivity index is 1.53. The molecule has 1 aliphatic rings. The monoisotopic (exact) mass is 329 g/mol. The van der Waals surface area contributed by atoms with E-state index in [2.05, 4.69) is 9.88 Å². The highest BCUT2D eigenvalue weighted by Crippen LogP contribution is 2.14. The van der Waals surface area contributed by atoms with Gasteiger partial charge in [-0.25, -0.2) is 4.98 Å². The molecule has 0 spiro atoms. The first kappa shape index (κ1) is 16.0. The van der Waals surface area contributed by atoms with Crippen LogP contribution in [0.2, 0.25) is 0 Å². The molecule has 0 bridgehead atoms. The summed E-state index contributed by atoms with van der Waals surface area (Å²) in [4.78, 5) is 32.2. The Labute approximate surface area is 139 Å². The van der Waals surface area contributed by atoms with Gasteiger partial charge in [-0.2, -0.15) is 0 Å². The molecule has 0 N–H and O–H groups in total. The van der Waals surface area contributed by atoms with Crippen LogP contribution < -0.4 is 15.1 Å². The van der Waals surface area contributed by atoms with E-state index in [0.717, 1.165) is 18.9 Å². The molecule has 1 fully saturated rings. The zero-order chi connectivity index (χ0) is 16.9. The van der Waals surface area contributed by atoms with Gasteiger partial charge in [0, 0.05) is 38.4 Å². The number of rotatable bonds is 4. The molecule has 3 heterocycles. The van der Waals surface area contributed by atoms with Gasteiger partial charge in [0.15, 0.2) is 6.61 Å². The van der Waals surface area contributed by atoms with Crippen molar-refractivity contribution in [2.24, 2.45) is 0 Å². The number of aryl methyl sites for hydroxylation is 1. The zero-order valence-corrected chi connectivity index (χ0v) is 13.5. The Morgan fingerprint density at radius 2 is 2.04 bits per heavy atom. The Kier molecular flexibility index (Phi) is 4.79. The van der Waals surface area contributed by atoms with E-state index in [0.29, 0.717) is 18.8 Å². The van der Waals surface area contributed by atoms with Crippen molar-refractivity contribution in [3.8, 4) is 5.75 Å². The molecular formula is C17H19N3O4. The van der Waals surface area contributed by atoms with Crippen molar-refractivity contribution in [2.75, 3.05) is 37.7 Å². The Hall–Kier alpha value is -2.83. The number of carbonyl (C=O) groups is 1. The molecule has 1 saturated heterocycles. The van der Waals surface area contributed by atoms with Gasteiger partial charge in [0.2, 0.25) is 11.2 Å². The van der Waals surface area contributed by atoms with Gasteiger partial charge in [-0.1, -0.05) is 6.07 Å². The van der Waals surface area contributed by atoms with Gasteiger partial charge in [0.1, 0.15) is 11.6 Å². The minimum absolute atomic E-state index is 0.0953. The molecule has 2 aromatic rings. The average molecular weight is 329 g/mol. The van der Waals surface area contributed by atoms with Crippen LogP contribution in [0.25, 0.3) is 0 Å². The third-order valence-corrected chi connectivity index (χ3v) is 3.95. The second kappa shape index (κ2) is 7.16. The minimum Gasteiger partial charge on any atom is -0.476 e. The summed E-state index contributed by atoms with van der Waals surface area (Å²) in [6.45, 7) is 4.10. The van der Waals surface area contributed by atoms with Crippen molar-refractivity contribution in [3.05, 3.63) is 52.7 Å². The molecule has 24 heavy (non-hydrogen) atoms. The molecule has 0 unspecified atom stereocenters. The molecule has 7 heteroatoms. The van der Waals surface area contributed by atoms with Gasteiger partial charge >= 0.3 is 0 Å². The Bertz CT molecular complexity index is 752. The Morgan fingerprint density at radius 3 is 2.71 bits per heavy atom. The van der Waals surface area contributed by atoms with Crippen LogP contribution in [-0.2, 0) is 4.79 Å². The normalized spacial score (nSPS) is 14.5. The molecule has 0 aromatic carbocycles. The van der Waals surface area contributed by atoms with Gasteiger partial charge in [-0.05, 0) is 19.1 Å². The smallest absolute Gasteiger partial charge is 0.260 e. The maximum atomic E-state index is 12.3. The van der Waals surface area contributed by atoms with Crippen LogP contribution in [-0.4, -0.2) is 48.6 Å². The fourth-order valence-corrected chi connectivity index (χ4v) is 2.62. The number of hydrogen-bond acceptors (Lipinski definition) is 6. The number of anilines is 1. The number of carbonyl (C=O) groups excluding carboxylic acids is 1. The number of amides is 1. The average Bonchev–Trinajstić information content (AvgIpc) is 2.62.